The summed E-state index contributed by atoms with van der Waals surface area (Å²) in [6, 6.07) is 14.4. The molecule has 0 spiro atoms. The number of carbonyl (C=O) groups excluding carboxylic acids is 2. The zero-order valence-electron chi connectivity index (χ0n) is 16.8. The van der Waals surface area contributed by atoms with E-state index >= 15 is 0 Å². The predicted molar refractivity (Wildman–Crippen MR) is 111 cm³/mol. The van der Waals surface area contributed by atoms with Crippen molar-refractivity contribution in [3.63, 3.8) is 0 Å². The first-order valence-corrected chi connectivity index (χ1v) is 9.66. The van der Waals surface area contributed by atoms with Crippen LogP contribution in [0.2, 0.25) is 0 Å². The van der Waals surface area contributed by atoms with E-state index in [1.165, 1.54) is 29.2 Å². The Labute approximate surface area is 174 Å². The van der Waals surface area contributed by atoms with Gasteiger partial charge in [0.05, 0.1) is 23.1 Å². The van der Waals surface area contributed by atoms with Gasteiger partial charge in [-0.1, -0.05) is 30.3 Å². The molecule has 0 saturated heterocycles. The number of benzene rings is 2. The van der Waals surface area contributed by atoms with Gasteiger partial charge in [0.15, 0.2) is 0 Å². The summed E-state index contributed by atoms with van der Waals surface area (Å²) in [4.78, 5) is 37.3. The molecule has 1 aliphatic rings. The Morgan fingerprint density at radius 2 is 1.83 bits per heavy atom. The zero-order valence-corrected chi connectivity index (χ0v) is 16.8. The molecule has 8 nitrogen and oxygen atoms in total. The number of esters is 1. The summed E-state index contributed by atoms with van der Waals surface area (Å²) < 4.78 is 5.51. The van der Waals surface area contributed by atoms with Crippen LogP contribution >= 0.6 is 0 Å². The van der Waals surface area contributed by atoms with Crippen molar-refractivity contribution in [1.82, 2.24) is 10.2 Å². The number of nitrogens with zero attached hydrogens (tertiary/aromatic N) is 2. The molecule has 156 valence electrons. The lowest BCUT2D eigenvalue weighted by Crippen LogP contribution is -2.47. The summed E-state index contributed by atoms with van der Waals surface area (Å²) in [5, 5.41) is 13.7. The predicted octanol–water partition coefficient (Wildman–Crippen LogP) is 3.74. The first kappa shape index (κ1) is 21.0. The first-order chi connectivity index (χ1) is 14.4. The number of carbonyl (C=O) groups is 2. The fourth-order valence-electron chi connectivity index (χ4n) is 3.45. The maximum absolute atomic E-state index is 13.0. The number of hydrogen-bond donors (Lipinski definition) is 1. The molecule has 3 rings (SSSR count). The monoisotopic (exact) mass is 409 g/mol. The average molecular weight is 409 g/mol. The number of rotatable bonds is 7. The minimum absolute atomic E-state index is 0.0660. The smallest absolute Gasteiger partial charge is 0.338 e. The Balaban J connectivity index is 1.85. The SMILES string of the molecule is CCN1C(=O)N[C@@H](c2ccc([N+](=O)[O-])cc2)C(C(=O)OCCc2ccccc2)=C1C. The number of nitrogens with one attached hydrogen (secondary N) is 1. The fraction of sp³-hybridized carbons (Fsp3) is 0.273. The first-order valence-electron chi connectivity index (χ1n) is 9.66. The third-order valence-corrected chi connectivity index (χ3v) is 5.04. The second kappa shape index (κ2) is 9.21. The highest BCUT2D eigenvalue weighted by molar-refractivity contribution is 5.95. The zero-order chi connectivity index (χ0) is 21.7. The van der Waals surface area contributed by atoms with E-state index in [9.17, 15) is 19.7 Å². The molecule has 30 heavy (non-hydrogen) atoms. The van der Waals surface area contributed by atoms with Crippen molar-refractivity contribution in [3.8, 4) is 0 Å². The molecule has 2 amide bonds. The number of nitro benzene ring substituents is 1. The highest BCUT2D eigenvalue weighted by atomic mass is 16.6. The van der Waals surface area contributed by atoms with Crippen molar-refractivity contribution in [2.24, 2.45) is 0 Å². The van der Waals surface area contributed by atoms with E-state index in [2.05, 4.69) is 5.32 Å². The van der Waals surface area contributed by atoms with Crippen molar-refractivity contribution in [3.05, 3.63) is 87.1 Å². The van der Waals surface area contributed by atoms with Gasteiger partial charge in [-0.15, -0.1) is 0 Å². The Hall–Kier alpha value is -3.68. The molecule has 0 saturated carbocycles. The van der Waals surface area contributed by atoms with Gasteiger partial charge >= 0.3 is 12.0 Å². The molecule has 2 aromatic carbocycles. The van der Waals surface area contributed by atoms with E-state index in [1.54, 1.807) is 6.92 Å². The van der Waals surface area contributed by atoms with Gasteiger partial charge in [0, 0.05) is 30.8 Å². The molecule has 8 heteroatoms. The van der Waals surface area contributed by atoms with Crippen molar-refractivity contribution in [1.29, 1.82) is 0 Å². The average Bonchev–Trinajstić information content (AvgIpc) is 2.74. The van der Waals surface area contributed by atoms with Gasteiger partial charge in [-0.05, 0) is 37.1 Å². The summed E-state index contributed by atoms with van der Waals surface area (Å²) in [5.74, 6) is -0.523. The molecule has 0 aromatic heterocycles. The second-order valence-electron chi connectivity index (χ2n) is 6.85. The van der Waals surface area contributed by atoms with Crippen LogP contribution in [0, 0.1) is 10.1 Å². The van der Waals surface area contributed by atoms with Crippen LogP contribution in [-0.4, -0.2) is 35.0 Å². The molecule has 0 unspecified atom stereocenters. The quantitative estimate of drug-likeness (QED) is 0.426. The van der Waals surface area contributed by atoms with Crippen LogP contribution in [0.5, 0.6) is 0 Å². The fourth-order valence-corrected chi connectivity index (χ4v) is 3.45. The summed E-state index contributed by atoms with van der Waals surface area (Å²) in [7, 11) is 0. The van der Waals surface area contributed by atoms with Crippen LogP contribution in [0.4, 0.5) is 10.5 Å². The van der Waals surface area contributed by atoms with Crippen LogP contribution in [0.25, 0.3) is 0 Å². The van der Waals surface area contributed by atoms with Crippen LogP contribution in [0.15, 0.2) is 65.9 Å². The number of urea groups is 1. The van der Waals surface area contributed by atoms with E-state index < -0.39 is 16.9 Å². The molecule has 0 bridgehead atoms. The van der Waals surface area contributed by atoms with E-state index in [-0.39, 0.29) is 18.3 Å². The third-order valence-electron chi connectivity index (χ3n) is 5.04. The van der Waals surface area contributed by atoms with E-state index in [0.717, 1.165) is 5.56 Å². The van der Waals surface area contributed by atoms with Crippen molar-refractivity contribution < 1.29 is 19.2 Å². The van der Waals surface area contributed by atoms with Crippen LogP contribution in [0.1, 0.15) is 31.0 Å². The molecule has 0 aliphatic carbocycles. The van der Waals surface area contributed by atoms with E-state index in [4.69, 9.17) is 4.74 Å². The van der Waals surface area contributed by atoms with Crippen molar-refractivity contribution >= 4 is 17.7 Å². The lowest BCUT2D eigenvalue weighted by molar-refractivity contribution is -0.384. The number of ether oxygens (including phenoxy) is 1. The third kappa shape index (κ3) is 4.48. The van der Waals surface area contributed by atoms with Crippen molar-refractivity contribution in [2.75, 3.05) is 13.2 Å². The Morgan fingerprint density at radius 3 is 2.43 bits per heavy atom. The minimum Gasteiger partial charge on any atom is -0.462 e. The molecule has 2 aromatic rings. The summed E-state index contributed by atoms with van der Waals surface area (Å²) >= 11 is 0. The molecule has 1 N–H and O–H groups in total. The van der Waals surface area contributed by atoms with E-state index in [1.807, 2.05) is 37.3 Å². The normalized spacial score (nSPS) is 16.3. The minimum atomic E-state index is -0.745. The molecule has 1 aliphatic heterocycles. The topological polar surface area (TPSA) is 102 Å². The largest absolute Gasteiger partial charge is 0.462 e. The lowest BCUT2D eigenvalue weighted by atomic mass is 9.94. The summed E-state index contributed by atoms with van der Waals surface area (Å²) in [6.07, 6.45) is 0.574. The number of nitro groups is 1. The number of amides is 2. The van der Waals surface area contributed by atoms with Crippen molar-refractivity contribution in [2.45, 2.75) is 26.3 Å². The molecular weight excluding hydrogens is 386 g/mol. The number of hydrogen-bond acceptors (Lipinski definition) is 5. The van der Waals surface area contributed by atoms with E-state index in [0.29, 0.717) is 29.8 Å². The molecule has 1 atom stereocenters. The van der Waals surface area contributed by atoms with Crippen LogP contribution < -0.4 is 5.32 Å². The number of non-ortho nitro benzene ring substituents is 1. The summed E-state index contributed by atoms with van der Waals surface area (Å²) in [6.45, 7) is 4.11. The Bertz CT molecular complexity index is 970. The molecule has 1 heterocycles. The van der Waals surface area contributed by atoms with Crippen LogP contribution in [0.3, 0.4) is 0 Å². The van der Waals surface area contributed by atoms with Gasteiger partial charge < -0.3 is 10.1 Å². The van der Waals surface area contributed by atoms with Gasteiger partial charge in [-0.25, -0.2) is 9.59 Å². The van der Waals surface area contributed by atoms with Gasteiger partial charge in [0.2, 0.25) is 0 Å². The highest BCUT2D eigenvalue weighted by Gasteiger charge is 2.36. The summed E-state index contributed by atoms with van der Waals surface area (Å²) in [5.41, 5.74) is 2.38. The maximum Gasteiger partial charge on any atom is 0.338 e. The van der Waals surface area contributed by atoms with Crippen LogP contribution in [-0.2, 0) is 16.0 Å². The Kier molecular flexibility index (Phi) is 6.46. The second-order valence-corrected chi connectivity index (χ2v) is 6.85. The lowest BCUT2D eigenvalue weighted by Gasteiger charge is -2.34. The van der Waals surface area contributed by atoms with Gasteiger partial charge in [-0.3, -0.25) is 15.0 Å². The van der Waals surface area contributed by atoms with Gasteiger partial charge in [0.25, 0.3) is 5.69 Å². The van der Waals surface area contributed by atoms with Gasteiger partial charge in [0.1, 0.15) is 0 Å². The maximum atomic E-state index is 13.0. The molecule has 0 radical (unpaired) electrons. The molecular formula is C22H23N3O5. The standard InChI is InChI=1S/C22H23N3O5/c1-3-24-15(2)19(21(26)30-14-13-16-7-5-4-6-8-16)20(23-22(24)27)17-9-11-18(12-10-17)25(28)29/h4-12,20H,3,13-14H2,1-2H3,(H,23,27)/t20-/m0/s1. The molecule has 0 fully saturated rings. The number of allylic oxidation sites excluding steroid dienone is 1. The highest BCUT2D eigenvalue weighted by Crippen LogP contribution is 2.32. The Morgan fingerprint density at radius 1 is 1.17 bits per heavy atom. The van der Waals surface area contributed by atoms with Gasteiger partial charge in [-0.2, -0.15) is 0 Å².